The molecular formula is C17H14BrClN2O. The van der Waals surface area contributed by atoms with Crippen molar-refractivity contribution >= 4 is 50.5 Å². The first-order chi connectivity index (χ1) is 10.4. The molecule has 1 amide bonds. The van der Waals surface area contributed by atoms with Gasteiger partial charge in [-0.3, -0.25) is 4.79 Å². The standard InChI is InChI=1S/C17H14BrClN2O/c1-8-4-5-9(2)13(6-8)20-16-11-7-12(18)14(19)10(3)15(11)21-17(16)22/h4-7H,1-3H3,(H,20,21,22). The van der Waals surface area contributed by atoms with Crippen molar-refractivity contribution in [2.45, 2.75) is 20.8 Å². The SMILES string of the molecule is Cc1ccc(C)c(N=C2C(=O)Nc3c2cc(Br)c(Cl)c3C)c1. The Balaban J connectivity index is 2.21. The van der Waals surface area contributed by atoms with Crippen LogP contribution in [0, 0.1) is 20.8 Å². The molecule has 0 atom stereocenters. The number of halogens is 2. The maximum atomic E-state index is 12.3. The van der Waals surface area contributed by atoms with Crippen LogP contribution >= 0.6 is 27.5 Å². The molecule has 0 bridgehead atoms. The van der Waals surface area contributed by atoms with Crippen molar-refractivity contribution in [3.8, 4) is 0 Å². The second-order valence-electron chi connectivity index (χ2n) is 5.42. The number of aliphatic imine (C=N–C) groups is 1. The highest BCUT2D eigenvalue weighted by Gasteiger charge is 2.29. The summed E-state index contributed by atoms with van der Waals surface area (Å²) in [4.78, 5) is 16.9. The van der Waals surface area contributed by atoms with E-state index in [0.717, 1.165) is 38.1 Å². The average Bonchev–Trinajstić information content (AvgIpc) is 2.77. The van der Waals surface area contributed by atoms with Crippen LogP contribution in [-0.4, -0.2) is 11.6 Å². The lowest BCUT2D eigenvalue weighted by molar-refractivity contribution is -0.110. The third-order valence-electron chi connectivity index (χ3n) is 3.76. The molecule has 0 aromatic heterocycles. The van der Waals surface area contributed by atoms with Gasteiger partial charge in [-0.25, -0.2) is 4.99 Å². The van der Waals surface area contributed by atoms with Crippen LogP contribution in [-0.2, 0) is 4.79 Å². The van der Waals surface area contributed by atoms with E-state index in [1.54, 1.807) is 0 Å². The number of benzene rings is 2. The van der Waals surface area contributed by atoms with E-state index in [1.165, 1.54) is 0 Å². The van der Waals surface area contributed by atoms with Crippen LogP contribution in [0.1, 0.15) is 22.3 Å². The fourth-order valence-corrected chi connectivity index (χ4v) is 3.14. The molecule has 0 unspecified atom stereocenters. The van der Waals surface area contributed by atoms with E-state index in [1.807, 2.05) is 45.0 Å². The number of nitrogens with one attached hydrogen (secondary N) is 1. The molecule has 3 nitrogen and oxygen atoms in total. The summed E-state index contributed by atoms with van der Waals surface area (Å²) in [5.74, 6) is -0.201. The van der Waals surface area contributed by atoms with Crippen LogP contribution in [0.2, 0.25) is 5.02 Å². The Bertz CT molecular complexity index is 843. The van der Waals surface area contributed by atoms with Gasteiger partial charge in [-0.05, 0) is 65.5 Å². The number of carbonyl (C=O) groups is 1. The van der Waals surface area contributed by atoms with Gasteiger partial charge in [-0.15, -0.1) is 0 Å². The normalized spacial score (nSPS) is 15.1. The molecule has 2 aromatic carbocycles. The number of carbonyl (C=O) groups excluding carboxylic acids is 1. The van der Waals surface area contributed by atoms with E-state index >= 15 is 0 Å². The summed E-state index contributed by atoms with van der Waals surface area (Å²) in [6.45, 7) is 5.87. The summed E-state index contributed by atoms with van der Waals surface area (Å²) in [7, 11) is 0. The number of hydrogen-bond acceptors (Lipinski definition) is 2. The minimum atomic E-state index is -0.201. The van der Waals surface area contributed by atoms with Crippen LogP contribution in [0.4, 0.5) is 11.4 Å². The lowest BCUT2D eigenvalue weighted by Gasteiger charge is -2.07. The lowest BCUT2D eigenvalue weighted by atomic mass is 10.1. The van der Waals surface area contributed by atoms with Crippen molar-refractivity contribution in [1.29, 1.82) is 0 Å². The van der Waals surface area contributed by atoms with E-state index in [4.69, 9.17) is 11.6 Å². The molecule has 0 radical (unpaired) electrons. The molecule has 1 aliphatic rings. The van der Waals surface area contributed by atoms with Crippen molar-refractivity contribution < 1.29 is 4.79 Å². The Morgan fingerprint density at radius 3 is 2.64 bits per heavy atom. The van der Waals surface area contributed by atoms with Crippen molar-refractivity contribution in [2.75, 3.05) is 5.32 Å². The third kappa shape index (κ3) is 2.46. The van der Waals surface area contributed by atoms with Gasteiger partial charge in [-0.2, -0.15) is 0 Å². The molecule has 1 aliphatic heterocycles. The second kappa shape index (κ2) is 5.52. The summed E-state index contributed by atoms with van der Waals surface area (Å²) >= 11 is 9.66. The predicted molar refractivity (Wildman–Crippen MR) is 94.6 cm³/mol. The molecule has 22 heavy (non-hydrogen) atoms. The molecule has 0 aliphatic carbocycles. The summed E-state index contributed by atoms with van der Waals surface area (Å²) in [6.07, 6.45) is 0. The van der Waals surface area contributed by atoms with E-state index in [-0.39, 0.29) is 5.91 Å². The molecular weight excluding hydrogens is 364 g/mol. The van der Waals surface area contributed by atoms with Crippen LogP contribution in [0.25, 0.3) is 0 Å². The van der Waals surface area contributed by atoms with Gasteiger partial charge in [0, 0.05) is 10.0 Å². The molecule has 1 heterocycles. The van der Waals surface area contributed by atoms with Crippen molar-refractivity contribution in [2.24, 2.45) is 4.99 Å². The molecule has 0 saturated heterocycles. The minimum Gasteiger partial charge on any atom is -0.320 e. The monoisotopic (exact) mass is 376 g/mol. The smallest absolute Gasteiger partial charge is 0.275 e. The van der Waals surface area contributed by atoms with Gasteiger partial charge in [-0.1, -0.05) is 23.7 Å². The zero-order chi connectivity index (χ0) is 16.0. The van der Waals surface area contributed by atoms with E-state index in [0.29, 0.717) is 10.7 Å². The number of amides is 1. The zero-order valence-corrected chi connectivity index (χ0v) is 14.8. The number of aryl methyl sites for hydroxylation is 2. The largest absolute Gasteiger partial charge is 0.320 e. The highest BCUT2D eigenvalue weighted by Crippen LogP contribution is 2.38. The van der Waals surface area contributed by atoms with Crippen molar-refractivity contribution in [3.05, 3.63) is 56.0 Å². The van der Waals surface area contributed by atoms with Crippen LogP contribution in [0.15, 0.2) is 33.7 Å². The van der Waals surface area contributed by atoms with Gasteiger partial charge in [0.15, 0.2) is 0 Å². The fraction of sp³-hybridized carbons (Fsp3) is 0.176. The summed E-state index contributed by atoms with van der Waals surface area (Å²) in [5.41, 5.74) is 5.72. The predicted octanol–water partition coefficient (Wildman–Crippen LogP) is 5.10. The number of hydrogen-bond donors (Lipinski definition) is 1. The van der Waals surface area contributed by atoms with E-state index in [2.05, 4.69) is 26.2 Å². The third-order valence-corrected chi connectivity index (χ3v) is 5.10. The Hall–Kier alpha value is -1.65. The van der Waals surface area contributed by atoms with Gasteiger partial charge in [0.05, 0.1) is 16.4 Å². The quantitative estimate of drug-likeness (QED) is 0.738. The van der Waals surface area contributed by atoms with Gasteiger partial charge in [0.25, 0.3) is 5.91 Å². The lowest BCUT2D eigenvalue weighted by Crippen LogP contribution is -2.14. The van der Waals surface area contributed by atoms with Gasteiger partial charge in [0.2, 0.25) is 0 Å². The Morgan fingerprint density at radius 1 is 1.18 bits per heavy atom. The molecule has 1 N–H and O–H groups in total. The number of nitrogens with zero attached hydrogens (tertiary/aromatic N) is 1. The molecule has 0 spiro atoms. The molecule has 3 rings (SSSR count). The number of anilines is 1. The Labute approximate surface area is 142 Å². The maximum Gasteiger partial charge on any atom is 0.275 e. The van der Waals surface area contributed by atoms with Gasteiger partial charge < -0.3 is 5.32 Å². The topological polar surface area (TPSA) is 41.5 Å². The highest BCUT2D eigenvalue weighted by molar-refractivity contribution is 9.10. The van der Waals surface area contributed by atoms with Crippen LogP contribution < -0.4 is 5.32 Å². The number of fused-ring (bicyclic) bond motifs is 1. The number of rotatable bonds is 1. The fourth-order valence-electron chi connectivity index (χ4n) is 2.47. The first-order valence-electron chi connectivity index (χ1n) is 6.84. The van der Waals surface area contributed by atoms with Gasteiger partial charge >= 0.3 is 0 Å². The first kappa shape index (κ1) is 15.3. The minimum absolute atomic E-state index is 0.201. The van der Waals surface area contributed by atoms with Crippen molar-refractivity contribution in [1.82, 2.24) is 0 Å². The second-order valence-corrected chi connectivity index (χ2v) is 6.66. The average molecular weight is 378 g/mol. The summed E-state index contributed by atoms with van der Waals surface area (Å²) in [6, 6.07) is 7.85. The molecule has 0 fully saturated rings. The molecule has 2 aromatic rings. The Kier molecular flexibility index (Phi) is 3.83. The molecule has 112 valence electrons. The molecule has 5 heteroatoms. The van der Waals surface area contributed by atoms with E-state index in [9.17, 15) is 4.79 Å². The maximum absolute atomic E-state index is 12.3. The first-order valence-corrected chi connectivity index (χ1v) is 8.02. The Morgan fingerprint density at radius 2 is 1.91 bits per heavy atom. The highest BCUT2D eigenvalue weighted by atomic mass is 79.9. The van der Waals surface area contributed by atoms with Crippen LogP contribution in [0.5, 0.6) is 0 Å². The summed E-state index contributed by atoms with van der Waals surface area (Å²) in [5, 5.41) is 3.47. The zero-order valence-electron chi connectivity index (χ0n) is 12.4. The van der Waals surface area contributed by atoms with Crippen LogP contribution in [0.3, 0.4) is 0 Å². The molecule has 0 saturated carbocycles. The van der Waals surface area contributed by atoms with Crippen molar-refractivity contribution in [3.63, 3.8) is 0 Å². The van der Waals surface area contributed by atoms with Gasteiger partial charge in [0.1, 0.15) is 5.71 Å². The van der Waals surface area contributed by atoms with E-state index < -0.39 is 0 Å². The summed E-state index contributed by atoms with van der Waals surface area (Å²) < 4.78 is 0.760.